The molecule has 3 heteroatoms. The lowest BCUT2D eigenvalue weighted by Crippen LogP contribution is -2.22. The fourth-order valence-corrected chi connectivity index (χ4v) is 1.50. The molecule has 0 amide bonds. The summed E-state index contributed by atoms with van der Waals surface area (Å²) in [5, 5.41) is 0. The van der Waals surface area contributed by atoms with E-state index in [4.69, 9.17) is 9.47 Å². The quantitative estimate of drug-likeness (QED) is 0.448. The van der Waals surface area contributed by atoms with Crippen LogP contribution in [0.3, 0.4) is 0 Å². The van der Waals surface area contributed by atoms with Gasteiger partial charge in [0.15, 0.2) is 6.29 Å². The van der Waals surface area contributed by atoms with Gasteiger partial charge in [0.1, 0.15) is 0 Å². The van der Waals surface area contributed by atoms with Crippen LogP contribution in [0.25, 0.3) is 0 Å². The summed E-state index contributed by atoms with van der Waals surface area (Å²) in [6.45, 7) is 1.55. The van der Waals surface area contributed by atoms with E-state index in [9.17, 15) is 0 Å². The van der Waals surface area contributed by atoms with Gasteiger partial charge >= 0.3 is 0 Å². The Morgan fingerprint density at radius 1 is 1.42 bits per heavy atom. The second kappa shape index (κ2) is 6.86. The van der Waals surface area contributed by atoms with Crippen LogP contribution in [0, 0.1) is 0 Å². The van der Waals surface area contributed by atoms with Crippen LogP contribution in [-0.2, 0) is 9.47 Å². The summed E-state index contributed by atoms with van der Waals surface area (Å²) in [7, 11) is 0. The fourth-order valence-electron chi connectivity index (χ4n) is 1.14. The molecule has 0 aromatic rings. The highest BCUT2D eigenvalue weighted by atomic mass is 127. The van der Waals surface area contributed by atoms with Gasteiger partial charge in [0.25, 0.3) is 0 Å². The van der Waals surface area contributed by atoms with Crippen LogP contribution in [0.4, 0.5) is 0 Å². The molecule has 1 aliphatic heterocycles. The highest BCUT2D eigenvalue weighted by molar-refractivity contribution is 14.1. The summed E-state index contributed by atoms with van der Waals surface area (Å²) >= 11 is 2.31. The molecule has 1 atom stereocenters. The van der Waals surface area contributed by atoms with Gasteiger partial charge in [-0.2, -0.15) is 0 Å². The van der Waals surface area contributed by atoms with Crippen molar-refractivity contribution in [3.05, 3.63) is 12.2 Å². The molecule has 0 spiro atoms. The summed E-state index contributed by atoms with van der Waals surface area (Å²) in [6.07, 6.45) is 7.67. The van der Waals surface area contributed by atoms with Crippen LogP contribution < -0.4 is 0 Å². The molecule has 0 bridgehead atoms. The lowest BCUT2D eigenvalue weighted by molar-refractivity contribution is -0.155. The first-order valence-electron chi connectivity index (χ1n) is 4.37. The van der Waals surface area contributed by atoms with Crippen molar-refractivity contribution in [2.45, 2.75) is 25.6 Å². The summed E-state index contributed by atoms with van der Waals surface area (Å²) in [5.74, 6) is 0. The van der Waals surface area contributed by atoms with Crippen molar-refractivity contribution in [2.75, 3.05) is 17.6 Å². The number of hydrogen-bond donors (Lipinski definition) is 0. The van der Waals surface area contributed by atoms with Crippen LogP contribution in [0.5, 0.6) is 0 Å². The van der Waals surface area contributed by atoms with Crippen molar-refractivity contribution in [1.82, 2.24) is 0 Å². The predicted octanol–water partition coefficient (Wildman–Crippen LogP) is 2.52. The van der Waals surface area contributed by atoms with E-state index in [1.807, 2.05) is 6.08 Å². The zero-order chi connectivity index (χ0) is 8.65. The normalized spacial score (nSPS) is 24.9. The van der Waals surface area contributed by atoms with E-state index in [2.05, 4.69) is 28.7 Å². The molecular formula is C9H15IO2. The SMILES string of the molecule is ICC=CCOC1CCCCO1. The van der Waals surface area contributed by atoms with E-state index in [0.29, 0.717) is 6.61 Å². The maximum atomic E-state index is 5.47. The zero-order valence-corrected chi connectivity index (χ0v) is 9.33. The Balaban J connectivity index is 2.01. The molecule has 1 heterocycles. The molecule has 1 rings (SSSR count). The van der Waals surface area contributed by atoms with Gasteiger partial charge < -0.3 is 9.47 Å². The van der Waals surface area contributed by atoms with Gasteiger partial charge in [-0.1, -0.05) is 34.7 Å². The average molecular weight is 282 g/mol. The minimum absolute atomic E-state index is 0.0533. The summed E-state index contributed by atoms with van der Waals surface area (Å²) in [4.78, 5) is 0. The van der Waals surface area contributed by atoms with Crippen LogP contribution in [0.2, 0.25) is 0 Å². The predicted molar refractivity (Wildman–Crippen MR) is 57.6 cm³/mol. The Labute approximate surface area is 87.5 Å². The van der Waals surface area contributed by atoms with Crippen LogP contribution in [0.1, 0.15) is 19.3 Å². The molecule has 1 unspecified atom stereocenters. The Kier molecular flexibility index (Phi) is 5.98. The molecule has 70 valence electrons. The molecule has 1 aliphatic rings. The second-order valence-corrected chi connectivity index (χ2v) is 3.64. The van der Waals surface area contributed by atoms with Crippen molar-refractivity contribution < 1.29 is 9.47 Å². The third-order valence-corrected chi connectivity index (χ3v) is 2.28. The molecule has 1 fully saturated rings. The van der Waals surface area contributed by atoms with E-state index in [-0.39, 0.29) is 6.29 Å². The maximum Gasteiger partial charge on any atom is 0.157 e. The molecule has 2 nitrogen and oxygen atoms in total. The van der Waals surface area contributed by atoms with Crippen LogP contribution in [0.15, 0.2) is 12.2 Å². The Bertz CT molecular complexity index is 130. The minimum atomic E-state index is 0.0533. The van der Waals surface area contributed by atoms with Crippen molar-refractivity contribution in [2.24, 2.45) is 0 Å². The monoisotopic (exact) mass is 282 g/mol. The number of ether oxygens (including phenoxy) is 2. The van der Waals surface area contributed by atoms with Gasteiger partial charge in [0, 0.05) is 11.0 Å². The summed E-state index contributed by atoms with van der Waals surface area (Å²) in [6, 6.07) is 0. The number of halogens is 1. The lowest BCUT2D eigenvalue weighted by atomic mass is 10.2. The molecule has 0 aromatic heterocycles. The Hall–Kier alpha value is 0.390. The van der Waals surface area contributed by atoms with Gasteiger partial charge in [0.2, 0.25) is 0 Å². The molecule has 0 aliphatic carbocycles. The molecule has 0 saturated carbocycles. The maximum absolute atomic E-state index is 5.47. The topological polar surface area (TPSA) is 18.5 Å². The molecule has 0 N–H and O–H groups in total. The third-order valence-electron chi connectivity index (χ3n) is 1.77. The summed E-state index contributed by atoms with van der Waals surface area (Å²) < 4.78 is 11.9. The van der Waals surface area contributed by atoms with Gasteiger partial charge in [-0.05, 0) is 19.3 Å². The van der Waals surface area contributed by atoms with Crippen LogP contribution >= 0.6 is 22.6 Å². The van der Waals surface area contributed by atoms with E-state index in [1.54, 1.807) is 0 Å². The molecular weight excluding hydrogens is 267 g/mol. The van der Waals surface area contributed by atoms with Crippen molar-refractivity contribution >= 4 is 22.6 Å². The average Bonchev–Trinajstić information content (AvgIpc) is 2.14. The fraction of sp³-hybridized carbons (Fsp3) is 0.778. The smallest absolute Gasteiger partial charge is 0.157 e. The first-order chi connectivity index (χ1) is 5.93. The number of hydrogen-bond acceptors (Lipinski definition) is 2. The van der Waals surface area contributed by atoms with E-state index < -0.39 is 0 Å². The van der Waals surface area contributed by atoms with E-state index in [1.165, 1.54) is 12.8 Å². The molecule has 1 saturated heterocycles. The number of alkyl halides is 1. The van der Waals surface area contributed by atoms with Crippen molar-refractivity contribution in [3.63, 3.8) is 0 Å². The van der Waals surface area contributed by atoms with Gasteiger partial charge in [-0.25, -0.2) is 0 Å². The van der Waals surface area contributed by atoms with E-state index in [0.717, 1.165) is 17.5 Å². The Morgan fingerprint density at radius 3 is 3.00 bits per heavy atom. The zero-order valence-electron chi connectivity index (χ0n) is 7.17. The van der Waals surface area contributed by atoms with Gasteiger partial charge in [-0.15, -0.1) is 0 Å². The van der Waals surface area contributed by atoms with E-state index >= 15 is 0 Å². The molecule has 0 radical (unpaired) electrons. The van der Waals surface area contributed by atoms with Crippen molar-refractivity contribution in [1.29, 1.82) is 0 Å². The minimum Gasteiger partial charge on any atom is -0.353 e. The third kappa shape index (κ3) is 4.42. The highest BCUT2D eigenvalue weighted by Crippen LogP contribution is 2.13. The second-order valence-electron chi connectivity index (χ2n) is 2.76. The largest absolute Gasteiger partial charge is 0.353 e. The first-order valence-corrected chi connectivity index (χ1v) is 5.90. The number of allylic oxidation sites excluding steroid dienone is 1. The summed E-state index contributed by atoms with van der Waals surface area (Å²) in [5.41, 5.74) is 0. The van der Waals surface area contributed by atoms with Gasteiger partial charge in [-0.3, -0.25) is 0 Å². The number of rotatable bonds is 4. The standard InChI is InChI=1S/C9H15IO2/c10-6-2-4-8-12-9-5-1-3-7-11-9/h2,4,9H,1,3,5-8H2. The highest BCUT2D eigenvalue weighted by Gasteiger charge is 2.12. The Morgan fingerprint density at radius 2 is 2.33 bits per heavy atom. The molecule has 12 heavy (non-hydrogen) atoms. The lowest BCUT2D eigenvalue weighted by Gasteiger charge is -2.21. The first kappa shape index (κ1) is 10.5. The molecule has 0 aromatic carbocycles. The van der Waals surface area contributed by atoms with Crippen LogP contribution in [-0.4, -0.2) is 23.9 Å². The van der Waals surface area contributed by atoms with Gasteiger partial charge in [0.05, 0.1) is 6.61 Å². The van der Waals surface area contributed by atoms with Crippen molar-refractivity contribution in [3.8, 4) is 0 Å².